The van der Waals surface area contributed by atoms with E-state index in [0.29, 0.717) is 18.5 Å². The number of hydrogen-bond acceptors (Lipinski definition) is 4. The maximum Gasteiger partial charge on any atom is 0.236 e. The number of amides is 1. The SMILES string of the molecule is COc1ccc(N2CCN(C(=O)CN3CCCC4CCCCC43)CC2)cc1. The van der Waals surface area contributed by atoms with Gasteiger partial charge < -0.3 is 14.5 Å². The zero-order valence-electron chi connectivity index (χ0n) is 16.6. The minimum atomic E-state index is 0.329. The van der Waals surface area contributed by atoms with Crippen LogP contribution in [0.1, 0.15) is 38.5 Å². The first kappa shape index (κ1) is 18.6. The van der Waals surface area contributed by atoms with Gasteiger partial charge in [-0.05, 0) is 62.4 Å². The zero-order chi connectivity index (χ0) is 18.6. The lowest BCUT2D eigenvalue weighted by Gasteiger charge is -2.45. The van der Waals surface area contributed by atoms with Crippen molar-refractivity contribution >= 4 is 11.6 Å². The predicted octanol–water partition coefficient (Wildman–Crippen LogP) is 3.00. The first-order chi connectivity index (χ1) is 13.2. The maximum atomic E-state index is 12.9. The lowest BCUT2D eigenvalue weighted by atomic mass is 9.78. The van der Waals surface area contributed by atoms with Gasteiger partial charge in [-0.15, -0.1) is 0 Å². The number of carbonyl (C=O) groups excluding carboxylic acids is 1. The van der Waals surface area contributed by atoms with E-state index >= 15 is 0 Å². The molecule has 4 rings (SSSR count). The highest BCUT2D eigenvalue weighted by Gasteiger charge is 2.34. The lowest BCUT2D eigenvalue weighted by Crippen LogP contribution is -2.54. The summed E-state index contributed by atoms with van der Waals surface area (Å²) >= 11 is 0. The fourth-order valence-corrected chi connectivity index (χ4v) is 5.21. The van der Waals surface area contributed by atoms with E-state index in [-0.39, 0.29) is 0 Å². The van der Waals surface area contributed by atoms with Gasteiger partial charge in [0, 0.05) is 37.9 Å². The molecular formula is C22H33N3O2. The van der Waals surface area contributed by atoms with Crippen LogP contribution < -0.4 is 9.64 Å². The Morgan fingerprint density at radius 1 is 0.963 bits per heavy atom. The molecule has 3 fully saturated rings. The van der Waals surface area contributed by atoms with Crippen LogP contribution in [0.5, 0.6) is 5.75 Å². The minimum Gasteiger partial charge on any atom is -0.497 e. The summed E-state index contributed by atoms with van der Waals surface area (Å²) in [6.07, 6.45) is 8.03. The smallest absolute Gasteiger partial charge is 0.236 e. The Labute approximate surface area is 163 Å². The summed E-state index contributed by atoms with van der Waals surface area (Å²) < 4.78 is 5.24. The number of methoxy groups -OCH3 is 1. The van der Waals surface area contributed by atoms with E-state index in [1.807, 2.05) is 12.1 Å². The third kappa shape index (κ3) is 4.23. The Kier molecular flexibility index (Phi) is 5.86. The minimum absolute atomic E-state index is 0.329. The number of rotatable bonds is 4. The van der Waals surface area contributed by atoms with Crippen LogP contribution in [-0.2, 0) is 4.79 Å². The molecule has 5 heteroatoms. The van der Waals surface area contributed by atoms with E-state index in [4.69, 9.17) is 4.74 Å². The average Bonchev–Trinajstić information content (AvgIpc) is 2.74. The summed E-state index contributed by atoms with van der Waals surface area (Å²) in [7, 11) is 1.69. The van der Waals surface area contributed by atoms with Gasteiger partial charge >= 0.3 is 0 Å². The number of benzene rings is 1. The van der Waals surface area contributed by atoms with Gasteiger partial charge in [0.25, 0.3) is 0 Å². The van der Waals surface area contributed by atoms with Gasteiger partial charge in [-0.2, -0.15) is 0 Å². The maximum absolute atomic E-state index is 12.9. The number of likely N-dealkylation sites (tertiary alicyclic amines) is 1. The third-order valence-electron chi connectivity index (χ3n) is 6.77. The highest BCUT2D eigenvalue weighted by Crippen LogP contribution is 2.35. The highest BCUT2D eigenvalue weighted by atomic mass is 16.5. The Morgan fingerprint density at radius 3 is 2.41 bits per heavy atom. The zero-order valence-corrected chi connectivity index (χ0v) is 16.6. The number of anilines is 1. The van der Waals surface area contributed by atoms with E-state index in [1.165, 1.54) is 44.2 Å². The van der Waals surface area contributed by atoms with Gasteiger partial charge in [-0.3, -0.25) is 9.69 Å². The molecule has 0 N–H and O–H groups in total. The fourth-order valence-electron chi connectivity index (χ4n) is 5.21. The predicted molar refractivity (Wildman–Crippen MR) is 108 cm³/mol. The third-order valence-corrected chi connectivity index (χ3v) is 6.77. The quantitative estimate of drug-likeness (QED) is 0.815. The Bertz CT molecular complexity index is 623. The molecule has 1 aromatic carbocycles. The van der Waals surface area contributed by atoms with Gasteiger partial charge in [-0.1, -0.05) is 12.8 Å². The van der Waals surface area contributed by atoms with Gasteiger partial charge in [0.15, 0.2) is 0 Å². The first-order valence-electron chi connectivity index (χ1n) is 10.7. The molecule has 0 bridgehead atoms. The summed E-state index contributed by atoms with van der Waals surface area (Å²) in [5.74, 6) is 2.05. The molecule has 1 aromatic rings. The molecule has 0 aromatic heterocycles. The van der Waals surface area contributed by atoms with Crippen molar-refractivity contribution in [2.45, 2.75) is 44.6 Å². The van der Waals surface area contributed by atoms with Gasteiger partial charge in [0.1, 0.15) is 5.75 Å². The van der Waals surface area contributed by atoms with Crippen molar-refractivity contribution in [3.8, 4) is 5.75 Å². The highest BCUT2D eigenvalue weighted by molar-refractivity contribution is 5.78. The molecule has 1 aliphatic carbocycles. The Balaban J connectivity index is 1.29. The number of piperazine rings is 1. The largest absolute Gasteiger partial charge is 0.497 e. The molecule has 5 nitrogen and oxygen atoms in total. The van der Waals surface area contributed by atoms with Crippen LogP contribution in [0.15, 0.2) is 24.3 Å². The van der Waals surface area contributed by atoms with Gasteiger partial charge in [0.05, 0.1) is 13.7 Å². The number of ether oxygens (including phenoxy) is 1. The van der Waals surface area contributed by atoms with Crippen molar-refractivity contribution in [2.24, 2.45) is 5.92 Å². The molecule has 2 aliphatic heterocycles. The summed E-state index contributed by atoms with van der Waals surface area (Å²) in [6.45, 7) is 5.20. The molecular weight excluding hydrogens is 338 g/mol. The van der Waals surface area contributed by atoms with Crippen LogP contribution in [0.25, 0.3) is 0 Å². The molecule has 2 heterocycles. The van der Waals surface area contributed by atoms with E-state index in [9.17, 15) is 4.79 Å². The number of fused-ring (bicyclic) bond motifs is 1. The molecule has 3 aliphatic rings. The molecule has 148 valence electrons. The number of hydrogen-bond donors (Lipinski definition) is 0. The molecule has 2 unspecified atom stereocenters. The Morgan fingerprint density at radius 2 is 1.67 bits per heavy atom. The molecule has 0 spiro atoms. The van der Waals surface area contributed by atoms with E-state index in [0.717, 1.165) is 44.4 Å². The molecule has 2 saturated heterocycles. The summed E-state index contributed by atoms with van der Waals surface area (Å²) in [4.78, 5) is 19.9. The van der Waals surface area contributed by atoms with Crippen molar-refractivity contribution in [1.29, 1.82) is 0 Å². The van der Waals surface area contributed by atoms with E-state index < -0.39 is 0 Å². The lowest BCUT2D eigenvalue weighted by molar-refractivity contribution is -0.134. The molecule has 2 atom stereocenters. The fraction of sp³-hybridized carbons (Fsp3) is 0.682. The number of nitrogens with zero attached hydrogens (tertiary/aromatic N) is 3. The molecule has 27 heavy (non-hydrogen) atoms. The average molecular weight is 372 g/mol. The summed E-state index contributed by atoms with van der Waals surface area (Å²) in [5.41, 5.74) is 1.21. The topological polar surface area (TPSA) is 36.0 Å². The van der Waals surface area contributed by atoms with Crippen LogP contribution in [0.3, 0.4) is 0 Å². The van der Waals surface area contributed by atoms with Crippen LogP contribution in [-0.4, -0.2) is 68.1 Å². The Hall–Kier alpha value is -1.75. The van der Waals surface area contributed by atoms with E-state index in [1.54, 1.807) is 7.11 Å². The van der Waals surface area contributed by atoms with Crippen molar-refractivity contribution < 1.29 is 9.53 Å². The van der Waals surface area contributed by atoms with Gasteiger partial charge in [0.2, 0.25) is 5.91 Å². The summed E-state index contributed by atoms with van der Waals surface area (Å²) in [6, 6.07) is 8.88. The second kappa shape index (κ2) is 8.51. The van der Waals surface area contributed by atoms with Crippen LogP contribution in [0.2, 0.25) is 0 Å². The van der Waals surface area contributed by atoms with Crippen molar-refractivity contribution in [3.63, 3.8) is 0 Å². The van der Waals surface area contributed by atoms with Crippen molar-refractivity contribution in [1.82, 2.24) is 9.80 Å². The van der Waals surface area contributed by atoms with Crippen molar-refractivity contribution in [3.05, 3.63) is 24.3 Å². The number of carbonyl (C=O) groups is 1. The summed E-state index contributed by atoms with van der Waals surface area (Å²) in [5, 5.41) is 0. The first-order valence-corrected chi connectivity index (χ1v) is 10.7. The standard InChI is InChI=1S/C22H33N3O2/c1-27-20-10-8-19(9-11-20)23-13-15-24(16-14-23)22(26)17-25-12-4-6-18-5-2-3-7-21(18)25/h8-11,18,21H,2-7,12-17H2,1H3. The van der Waals surface area contributed by atoms with Crippen molar-refractivity contribution in [2.75, 3.05) is 51.3 Å². The van der Waals surface area contributed by atoms with Gasteiger partial charge in [-0.25, -0.2) is 0 Å². The number of piperidine rings is 1. The molecule has 1 amide bonds. The van der Waals surface area contributed by atoms with E-state index in [2.05, 4.69) is 26.8 Å². The molecule has 1 saturated carbocycles. The molecule has 0 radical (unpaired) electrons. The normalized spacial score (nSPS) is 26.6. The van der Waals surface area contributed by atoms with Crippen LogP contribution in [0, 0.1) is 5.92 Å². The second-order valence-electron chi connectivity index (χ2n) is 8.29. The van der Waals surface area contributed by atoms with Crippen LogP contribution in [0.4, 0.5) is 5.69 Å². The van der Waals surface area contributed by atoms with Crippen LogP contribution >= 0.6 is 0 Å². The monoisotopic (exact) mass is 371 g/mol. The second-order valence-corrected chi connectivity index (χ2v) is 8.29.